The van der Waals surface area contributed by atoms with E-state index in [0.29, 0.717) is 40.0 Å². The Kier molecular flexibility index (Phi) is 9.41. The maximum Gasteiger partial charge on any atom is 0.212 e. The second-order valence-electron chi connectivity index (χ2n) is 18.5. The molecule has 1 aliphatic carbocycles. The van der Waals surface area contributed by atoms with Gasteiger partial charge in [-0.25, -0.2) is 19.8 Å². The predicted molar refractivity (Wildman–Crippen MR) is 292 cm³/mol. The van der Waals surface area contributed by atoms with Crippen molar-refractivity contribution in [2.45, 2.75) is 5.41 Å². The quantitative estimate of drug-likeness (QED) is 0.155. The number of anilines is 3. The van der Waals surface area contributed by atoms with Crippen LogP contribution in [-0.2, 0) is 5.41 Å². The zero-order valence-corrected chi connectivity index (χ0v) is 39.1. The third kappa shape index (κ3) is 6.26. The Balaban J connectivity index is 0.938. The van der Waals surface area contributed by atoms with Gasteiger partial charge < -0.3 is 9.47 Å². The fraction of sp³-hybridized carbons (Fsp3) is 0.0152. The molecule has 12 aromatic rings. The number of fused-ring (bicyclic) bond motifs is 12. The molecular formula is C66H39N7. The number of hydrogen-bond acceptors (Lipinski definition) is 5. The van der Waals surface area contributed by atoms with Crippen LogP contribution in [0, 0.1) is 17.9 Å². The summed E-state index contributed by atoms with van der Waals surface area (Å²) in [5, 5.41) is 13.6. The maximum absolute atomic E-state index is 11.2. The third-order valence-electron chi connectivity index (χ3n) is 14.7. The summed E-state index contributed by atoms with van der Waals surface area (Å²) in [6.07, 6.45) is 0. The minimum Gasteiger partial charge on any atom is -0.318 e. The van der Waals surface area contributed by atoms with E-state index in [0.717, 1.165) is 56.0 Å². The van der Waals surface area contributed by atoms with Crippen molar-refractivity contribution in [3.05, 3.63) is 276 Å². The van der Waals surface area contributed by atoms with E-state index in [2.05, 4.69) is 172 Å². The standard InChI is InChI=1S/C66H39N7/c1-68-57-40-46(65-70-63(42-19-5-2-6-20-42)69-64(71-65)43-21-7-3-8-22-43)37-47(41-67)62(57)73-60-31-17-14-28-55(60)66(56-29-15-18-32-61(56)73)53-27-13-11-25-49(53)51-38-44(33-35-54(51)66)45-34-36-59-52(39-45)50-26-12-16-30-58(50)72(59)48-23-9-4-10-24-48/h2-40H. The van der Waals surface area contributed by atoms with E-state index in [-0.39, 0.29) is 0 Å². The number of nitrogens with zero attached hydrogens (tertiary/aromatic N) is 7. The van der Waals surface area contributed by atoms with Gasteiger partial charge in [0.2, 0.25) is 5.69 Å². The molecule has 10 aromatic carbocycles. The van der Waals surface area contributed by atoms with Crippen molar-refractivity contribution in [2.75, 3.05) is 4.90 Å². The number of benzene rings is 10. The van der Waals surface area contributed by atoms with Crippen LogP contribution in [0.4, 0.5) is 22.7 Å². The highest BCUT2D eigenvalue weighted by Crippen LogP contribution is 2.64. The lowest BCUT2D eigenvalue weighted by atomic mass is 9.64. The minimum atomic E-state index is -0.723. The van der Waals surface area contributed by atoms with Crippen LogP contribution in [0.3, 0.4) is 0 Å². The first-order valence-corrected chi connectivity index (χ1v) is 24.3. The smallest absolute Gasteiger partial charge is 0.212 e. The molecule has 3 heterocycles. The van der Waals surface area contributed by atoms with E-state index in [1.807, 2.05) is 84.9 Å². The summed E-state index contributed by atoms with van der Waals surface area (Å²) in [6.45, 7) is 8.76. The Hall–Kier alpha value is -10.2. The number of rotatable bonds is 6. The van der Waals surface area contributed by atoms with Crippen molar-refractivity contribution in [1.82, 2.24) is 19.5 Å². The molecule has 7 nitrogen and oxygen atoms in total. The maximum atomic E-state index is 11.2. The molecule has 2 aliphatic rings. The van der Waals surface area contributed by atoms with Gasteiger partial charge in [-0.15, -0.1) is 0 Å². The minimum absolute atomic E-state index is 0.304. The average molecular weight is 930 g/mol. The molecule has 2 aromatic heterocycles. The first-order valence-electron chi connectivity index (χ1n) is 24.3. The Morgan fingerprint density at radius 2 is 0.945 bits per heavy atom. The van der Waals surface area contributed by atoms with Gasteiger partial charge in [0.05, 0.1) is 40.3 Å². The molecular weight excluding hydrogens is 891 g/mol. The molecule has 0 bridgehead atoms. The van der Waals surface area contributed by atoms with Gasteiger partial charge in [-0.2, -0.15) is 5.26 Å². The van der Waals surface area contributed by atoms with Crippen LogP contribution in [-0.4, -0.2) is 19.5 Å². The van der Waals surface area contributed by atoms with Gasteiger partial charge >= 0.3 is 0 Å². The van der Waals surface area contributed by atoms with Crippen LogP contribution in [0.2, 0.25) is 0 Å². The summed E-state index contributed by atoms with van der Waals surface area (Å²) in [6, 6.07) is 84.5. The summed E-state index contributed by atoms with van der Waals surface area (Å²) < 4.78 is 2.35. The Morgan fingerprint density at radius 1 is 0.425 bits per heavy atom. The number of aromatic nitrogens is 4. The molecule has 14 rings (SSSR count). The lowest BCUT2D eigenvalue weighted by Crippen LogP contribution is -2.36. The topological polar surface area (TPSA) is 75.0 Å². The predicted octanol–water partition coefficient (Wildman–Crippen LogP) is 16.2. The average Bonchev–Trinajstić information content (AvgIpc) is 3.97. The van der Waals surface area contributed by atoms with Crippen molar-refractivity contribution in [2.24, 2.45) is 0 Å². The molecule has 0 radical (unpaired) electrons. The highest BCUT2D eigenvalue weighted by molar-refractivity contribution is 6.11. The zero-order valence-electron chi connectivity index (χ0n) is 39.1. The molecule has 0 saturated carbocycles. The van der Waals surface area contributed by atoms with Crippen molar-refractivity contribution in [1.29, 1.82) is 5.26 Å². The van der Waals surface area contributed by atoms with Gasteiger partial charge in [0.25, 0.3) is 0 Å². The molecule has 0 atom stereocenters. The highest BCUT2D eigenvalue weighted by atomic mass is 15.2. The van der Waals surface area contributed by atoms with Gasteiger partial charge in [0.15, 0.2) is 17.5 Å². The SMILES string of the molecule is [C-]#[N+]c1cc(-c2nc(-c3ccccc3)nc(-c3ccccc3)n2)cc(C#N)c1N1c2ccccc2C2(c3ccccc3-c3cc(-c4ccc5c(c4)c4ccccc4n5-c4ccccc4)ccc32)c2ccccc21. The van der Waals surface area contributed by atoms with Crippen LogP contribution < -0.4 is 4.90 Å². The van der Waals surface area contributed by atoms with E-state index < -0.39 is 5.41 Å². The third-order valence-corrected chi connectivity index (χ3v) is 14.7. The first kappa shape index (κ1) is 41.7. The van der Waals surface area contributed by atoms with Crippen molar-refractivity contribution in [3.8, 4) is 68.2 Å². The first-order chi connectivity index (χ1) is 36.1. The summed E-state index contributed by atoms with van der Waals surface area (Å²) in [4.78, 5) is 21.1. The largest absolute Gasteiger partial charge is 0.318 e. The summed E-state index contributed by atoms with van der Waals surface area (Å²) in [5.41, 5.74) is 17.0. The van der Waals surface area contributed by atoms with E-state index in [1.54, 1.807) is 0 Å². The lowest BCUT2D eigenvalue weighted by Gasteiger charge is -2.45. The molecule has 338 valence electrons. The Labute approximate surface area is 421 Å². The molecule has 1 aliphatic heterocycles. The molecule has 73 heavy (non-hydrogen) atoms. The second-order valence-corrected chi connectivity index (χ2v) is 18.5. The summed E-state index contributed by atoms with van der Waals surface area (Å²) in [7, 11) is 0. The van der Waals surface area contributed by atoms with E-state index in [1.165, 1.54) is 38.5 Å². The van der Waals surface area contributed by atoms with E-state index in [9.17, 15) is 5.26 Å². The number of para-hydroxylation sites is 4. The van der Waals surface area contributed by atoms with Gasteiger partial charge in [0.1, 0.15) is 0 Å². The normalized spacial score (nSPS) is 12.7. The van der Waals surface area contributed by atoms with E-state index in [4.69, 9.17) is 21.5 Å². The van der Waals surface area contributed by atoms with Gasteiger partial charge in [-0.05, 0) is 105 Å². The lowest BCUT2D eigenvalue weighted by molar-refractivity contribution is 0.753. The van der Waals surface area contributed by atoms with Crippen LogP contribution in [0.15, 0.2) is 237 Å². The molecule has 1 spiro atoms. The molecule has 0 fully saturated rings. The van der Waals surface area contributed by atoms with E-state index >= 15 is 0 Å². The molecule has 0 amide bonds. The monoisotopic (exact) mass is 929 g/mol. The van der Waals surface area contributed by atoms with Crippen LogP contribution >= 0.6 is 0 Å². The van der Waals surface area contributed by atoms with Crippen LogP contribution in [0.5, 0.6) is 0 Å². The van der Waals surface area contributed by atoms with Gasteiger partial charge in [-0.3, -0.25) is 0 Å². The molecule has 0 saturated heterocycles. The summed E-state index contributed by atoms with van der Waals surface area (Å²) >= 11 is 0. The number of hydrogen-bond donors (Lipinski definition) is 0. The second kappa shape index (κ2) is 16.5. The van der Waals surface area contributed by atoms with Crippen LogP contribution in [0.1, 0.15) is 27.8 Å². The molecule has 0 unspecified atom stereocenters. The Morgan fingerprint density at radius 3 is 1.60 bits per heavy atom. The fourth-order valence-corrected chi connectivity index (χ4v) is 11.6. The van der Waals surface area contributed by atoms with Gasteiger partial charge in [-0.1, -0.05) is 176 Å². The Bertz CT molecular complexity index is 4160. The van der Waals surface area contributed by atoms with Crippen molar-refractivity contribution >= 4 is 44.6 Å². The number of nitriles is 1. The molecule has 0 N–H and O–H groups in total. The van der Waals surface area contributed by atoms with Crippen molar-refractivity contribution < 1.29 is 0 Å². The zero-order chi connectivity index (χ0) is 48.6. The molecule has 7 heteroatoms. The van der Waals surface area contributed by atoms with Gasteiger partial charge in [0, 0.05) is 44.5 Å². The van der Waals surface area contributed by atoms with Crippen LogP contribution in [0.25, 0.3) is 88.8 Å². The fourth-order valence-electron chi connectivity index (χ4n) is 11.6. The summed E-state index contributed by atoms with van der Waals surface area (Å²) in [5.74, 6) is 1.37. The van der Waals surface area contributed by atoms with Crippen molar-refractivity contribution in [3.63, 3.8) is 0 Å². The highest BCUT2D eigenvalue weighted by Gasteiger charge is 2.52.